The first-order valence-corrected chi connectivity index (χ1v) is 6.60. The van der Waals surface area contributed by atoms with E-state index in [4.69, 9.17) is 5.26 Å². The molecule has 0 atom stereocenters. The normalized spacial score (nSPS) is 16.6. The van der Waals surface area contributed by atoms with Crippen molar-refractivity contribution < 1.29 is 4.79 Å². The van der Waals surface area contributed by atoms with Gasteiger partial charge >= 0.3 is 0 Å². The third-order valence-electron chi connectivity index (χ3n) is 3.80. The van der Waals surface area contributed by atoms with Crippen LogP contribution in [0.3, 0.4) is 0 Å². The molecule has 2 rings (SSSR count). The lowest BCUT2D eigenvalue weighted by atomic mass is 9.87. The SMILES string of the molecule is CN(C(=O)C1(C#N)CC1)c1ccc(C(C)(C)C)cc1. The minimum Gasteiger partial charge on any atom is -0.314 e. The standard InChI is InChI=1S/C16H20N2O/c1-15(2,3)12-5-7-13(8-6-12)18(4)14(19)16(11-17)9-10-16/h5-8H,9-10H2,1-4H3. The summed E-state index contributed by atoms with van der Waals surface area (Å²) in [4.78, 5) is 13.8. The molecule has 3 heteroatoms. The molecule has 0 spiro atoms. The number of hydrogen-bond donors (Lipinski definition) is 0. The Bertz CT molecular complexity index is 527. The van der Waals surface area contributed by atoms with Gasteiger partial charge in [0.15, 0.2) is 0 Å². The minimum atomic E-state index is -0.753. The zero-order valence-electron chi connectivity index (χ0n) is 12.0. The van der Waals surface area contributed by atoms with Gasteiger partial charge in [-0.1, -0.05) is 32.9 Å². The second-order valence-electron chi connectivity index (χ2n) is 6.35. The fourth-order valence-electron chi connectivity index (χ4n) is 2.12. The molecule has 0 saturated heterocycles. The molecule has 19 heavy (non-hydrogen) atoms. The minimum absolute atomic E-state index is 0.0847. The van der Waals surface area contributed by atoms with E-state index in [0.717, 1.165) is 5.69 Å². The summed E-state index contributed by atoms with van der Waals surface area (Å²) in [6, 6.07) is 10.1. The van der Waals surface area contributed by atoms with E-state index >= 15 is 0 Å². The van der Waals surface area contributed by atoms with E-state index in [-0.39, 0.29) is 11.3 Å². The van der Waals surface area contributed by atoms with Crippen molar-refractivity contribution in [1.29, 1.82) is 5.26 Å². The summed E-state index contributed by atoms with van der Waals surface area (Å²) in [5, 5.41) is 9.08. The summed E-state index contributed by atoms with van der Waals surface area (Å²) in [5.41, 5.74) is 1.43. The van der Waals surface area contributed by atoms with Gasteiger partial charge in [0.25, 0.3) is 0 Å². The van der Waals surface area contributed by atoms with E-state index in [1.54, 1.807) is 11.9 Å². The smallest absolute Gasteiger partial charge is 0.247 e. The molecule has 1 fully saturated rings. The van der Waals surface area contributed by atoms with Crippen LogP contribution in [0.15, 0.2) is 24.3 Å². The van der Waals surface area contributed by atoms with Crippen LogP contribution in [0.4, 0.5) is 5.69 Å². The average molecular weight is 256 g/mol. The number of amides is 1. The van der Waals surface area contributed by atoms with Gasteiger partial charge in [0.2, 0.25) is 5.91 Å². The van der Waals surface area contributed by atoms with Crippen molar-refractivity contribution in [1.82, 2.24) is 0 Å². The summed E-state index contributed by atoms with van der Waals surface area (Å²) < 4.78 is 0. The molecular formula is C16H20N2O. The Balaban J connectivity index is 2.19. The fourth-order valence-corrected chi connectivity index (χ4v) is 2.12. The van der Waals surface area contributed by atoms with Gasteiger partial charge in [-0.2, -0.15) is 5.26 Å². The third kappa shape index (κ3) is 2.49. The maximum atomic E-state index is 12.2. The number of carbonyl (C=O) groups excluding carboxylic acids is 1. The lowest BCUT2D eigenvalue weighted by Crippen LogP contribution is -2.33. The number of benzene rings is 1. The molecule has 3 nitrogen and oxygen atoms in total. The van der Waals surface area contributed by atoms with E-state index in [9.17, 15) is 4.79 Å². The quantitative estimate of drug-likeness (QED) is 0.815. The molecule has 1 amide bonds. The maximum absolute atomic E-state index is 12.2. The zero-order chi connectivity index (χ0) is 14.3. The Labute approximate surface area is 114 Å². The van der Waals surface area contributed by atoms with Crippen LogP contribution in [0, 0.1) is 16.7 Å². The number of carbonyl (C=O) groups is 1. The van der Waals surface area contributed by atoms with E-state index in [1.807, 2.05) is 24.3 Å². The number of nitrogens with zero attached hydrogens (tertiary/aromatic N) is 2. The largest absolute Gasteiger partial charge is 0.314 e. The highest BCUT2D eigenvalue weighted by molar-refractivity contribution is 6.00. The summed E-state index contributed by atoms with van der Waals surface area (Å²) in [5.74, 6) is -0.0847. The predicted octanol–water partition coefficient (Wildman–Crippen LogP) is 3.25. The molecule has 0 N–H and O–H groups in total. The van der Waals surface area contributed by atoms with E-state index in [1.165, 1.54) is 5.56 Å². The van der Waals surface area contributed by atoms with Gasteiger partial charge < -0.3 is 4.90 Å². The fraction of sp³-hybridized carbons (Fsp3) is 0.500. The number of hydrogen-bond acceptors (Lipinski definition) is 2. The van der Waals surface area contributed by atoms with Crippen molar-refractivity contribution in [3.8, 4) is 6.07 Å². The van der Waals surface area contributed by atoms with E-state index < -0.39 is 5.41 Å². The summed E-state index contributed by atoms with van der Waals surface area (Å²) in [6.45, 7) is 6.48. The van der Waals surface area contributed by atoms with Crippen molar-refractivity contribution >= 4 is 11.6 Å². The van der Waals surface area contributed by atoms with Gasteiger partial charge in [0.05, 0.1) is 6.07 Å². The van der Waals surface area contributed by atoms with Crippen LogP contribution in [-0.4, -0.2) is 13.0 Å². The molecule has 1 aromatic rings. The van der Waals surface area contributed by atoms with Gasteiger partial charge in [-0.15, -0.1) is 0 Å². The van der Waals surface area contributed by atoms with Crippen LogP contribution in [0.2, 0.25) is 0 Å². The molecule has 0 bridgehead atoms. The first-order valence-electron chi connectivity index (χ1n) is 6.60. The molecule has 0 radical (unpaired) electrons. The molecule has 100 valence electrons. The first-order chi connectivity index (χ1) is 8.80. The van der Waals surface area contributed by atoms with Crippen LogP contribution >= 0.6 is 0 Å². The van der Waals surface area contributed by atoms with Gasteiger partial charge in [0.1, 0.15) is 5.41 Å². The summed E-state index contributed by atoms with van der Waals surface area (Å²) in [6.07, 6.45) is 1.37. The lowest BCUT2D eigenvalue weighted by Gasteiger charge is -2.23. The topological polar surface area (TPSA) is 44.1 Å². The van der Waals surface area contributed by atoms with Gasteiger partial charge in [-0.25, -0.2) is 0 Å². The highest BCUT2D eigenvalue weighted by Gasteiger charge is 2.52. The monoisotopic (exact) mass is 256 g/mol. The number of nitriles is 1. The molecule has 1 aliphatic carbocycles. The molecule has 0 unspecified atom stereocenters. The predicted molar refractivity (Wildman–Crippen MR) is 75.8 cm³/mol. The maximum Gasteiger partial charge on any atom is 0.247 e. The molecule has 0 aromatic heterocycles. The van der Waals surface area contributed by atoms with E-state index in [0.29, 0.717) is 12.8 Å². The van der Waals surface area contributed by atoms with Gasteiger partial charge in [-0.05, 0) is 36.0 Å². The average Bonchev–Trinajstić information content (AvgIpc) is 3.17. The molecule has 1 saturated carbocycles. The second kappa shape index (κ2) is 4.38. The Morgan fingerprint density at radius 3 is 2.16 bits per heavy atom. The zero-order valence-corrected chi connectivity index (χ0v) is 12.0. The van der Waals surface area contributed by atoms with Gasteiger partial charge in [-0.3, -0.25) is 4.79 Å². The molecular weight excluding hydrogens is 236 g/mol. The molecule has 0 heterocycles. The van der Waals surface area contributed by atoms with Crippen LogP contribution in [0.1, 0.15) is 39.2 Å². The number of rotatable bonds is 2. The van der Waals surface area contributed by atoms with Crippen molar-refractivity contribution in [2.75, 3.05) is 11.9 Å². The first kappa shape index (κ1) is 13.6. The van der Waals surface area contributed by atoms with Crippen molar-refractivity contribution in [2.24, 2.45) is 5.41 Å². The van der Waals surface area contributed by atoms with Crippen molar-refractivity contribution in [2.45, 2.75) is 39.0 Å². The third-order valence-corrected chi connectivity index (χ3v) is 3.80. The Hall–Kier alpha value is -1.82. The van der Waals surface area contributed by atoms with Crippen LogP contribution in [0.25, 0.3) is 0 Å². The van der Waals surface area contributed by atoms with E-state index in [2.05, 4.69) is 26.8 Å². The summed E-state index contributed by atoms with van der Waals surface area (Å²) in [7, 11) is 1.74. The molecule has 1 aliphatic rings. The molecule has 0 aliphatic heterocycles. The number of anilines is 1. The molecule has 1 aromatic carbocycles. The van der Waals surface area contributed by atoms with Crippen molar-refractivity contribution in [3.63, 3.8) is 0 Å². The van der Waals surface area contributed by atoms with Crippen LogP contribution < -0.4 is 4.90 Å². The Morgan fingerprint density at radius 2 is 1.79 bits per heavy atom. The van der Waals surface area contributed by atoms with Crippen LogP contribution in [-0.2, 0) is 10.2 Å². The highest BCUT2D eigenvalue weighted by Crippen LogP contribution is 2.46. The summed E-state index contributed by atoms with van der Waals surface area (Å²) >= 11 is 0. The highest BCUT2D eigenvalue weighted by atomic mass is 16.2. The van der Waals surface area contributed by atoms with Gasteiger partial charge in [0, 0.05) is 12.7 Å². The van der Waals surface area contributed by atoms with Crippen LogP contribution in [0.5, 0.6) is 0 Å². The Morgan fingerprint density at radius 1 is 1.26 bits per heavy atom. The lowest BCUT2D eigenvalue weighted by molar-refractivity contribution is -0.121. The second-order valence-corrected chi connectivity index (χ2v) is 6.35. The Kier molecular flexibility index (Phi) is 3.14. The van der Waals surface area contributed by atoms with Crippen molar-refractivity contribution in [3.05, 3.63) is 29.8 Å².